The summed E-state index contributed by atoms with van der Waals surface area (Å²) in [6.07, 6.45) is 19.1. The zero-order valence-corrected chi connectivity index (χ0v) is 15.6. The molecule has 0 aromatic rings. The number of hydrogen-bond acceptors (Lipinski definition) is 1. The Morgan fingerprint density at radius 3 is 2.39 bits per heavy atom. The number of rotatable bonds is 3. The van der Waals surface area contributed by atoms with Gasteiger partial charge >= 0.3 is 0 Å². The molecule has 2 saturated carbocycles. The number of ether oxygens (including phenoxy) is 1. The fraction of sp³-hybridized carbons (Fsp3) is 0.818. The Bertz CT molecular complexity index is 447. The lowest BCUT2D eigenvalue weighted by Crippen LogP contribution is -2.43. The molecule has 2 fully saturated rings. The lowest BCUT2D eigenvalue weighted by atomic mass is 9.64. The van der Waals surface area contributed by atoms with Crippen LogP contribution in [0.3, 0.4) is 0 Å². The maximum absolute atomic E-state index is 6.61. The van der Waals surface area contributed by atoms with E-state index in [0.29, 0.717) is 17.4 Å². The van der Waals surface area contributed by atoms with Crippen molar-refractivity contribution >= 4 is 0 Å². The van der Waals surface area contributed by atoms with Crippen LogP contribution in [0.5, 0.6) is 0 Å². The molecule has 1 heteroatoms. The first kappa shape index (κ1) is 17.3. The van der Waals surface area contributed by atoms with Gasteiger partial charge in [0.1, 0.15) is 0 Å². The van der Waals surface area contributed by atoms with E-state index in [4.69, 9.17) is 4.74 Å². The first-order valence-electron chi connectivity index (χ1n) is 9.98. The molecule has 0 radical (unpaired) electrons. The largest absolute Gasteiger partial charge is 0.374 e. The van der Waals surface area contributed by atoms with Crippen LogP contribution in [0.4, 0.5) is 0 Å². The minimum atomic E-state index is 0.0920. The molecule has 0 heterocycles. The van der Waals surface area contributed by atoms with Crippen LogP contribution in [-0.4, -0.2) is 12.2 Å². The second-order valence-electron chi connectivity index (χ2n) is 8.89. The Balaban J connectivity index is 1.58. The van der Waals surface area contributed by atoms with Gasteiger partial charge in [0.2, 0.25) is 0 Å². The maximum Gasteiger partial charge on any atom is 0.0647 e. The minimum absolute atomic E-state index is 0.0920. The van der Waals surface area contributed by atoms with Crippen LogP contribution in [0.25, 0.3) is 0 Å². The zero-order chi connectivity index (χ0) is 16.5. The molecule has 3 aliphatic rings. The van der Waals surface area contributed by atoms with Crippen molar-refractivity contribution in [2.75, 3.05) is 0 Å². The number of hydrogen-bond donors (Lipinski definition) is 0. The van der Waals surface area contributed by atoms with Crippen LogP contribution in [0, 0.1) is 16.7 Å². The van der Waals surface area contributed by atoms with E-state index in [0.717, 1.165) is 6.42 Å². The third-order valence-electron chi connectivity index (χ3n) is 7.67. The monoisotopic (exact) mass is 316 g/mol. The Labute approximate surface area is 143 Å². The quantitative estimate of drug-likeness (QED) is 0.582. The van der Waals surface area contributed by atoms with Crippen molar-refractivity contribution in [3.05, 3.63) is 24.3 Å². The highest BCUT2D eigenvalue weighted by atomic mass is 16.5. The van der Waals surface area contributed by atoms with E-state index in [1.54, 1.807) is 0 Å². The van der Waals surface area contributed by atoms with Crippen molar-refractivity contribution in [2.45, 2.75) is 97.2 Å². The summed E-state index contributed by atoms with van der Waals surface area (Å²) in [7, 11) is 0. The molecule has 0 aromatic carbocycles. The van der Waals surface area contributed by atoms with Crippen molar-refractivity contribution in [2.24, 2.45) is 16.7 Å². The van der Waals surface area contributed by atoms with Crippen molar-refractivity contribution in [3.8, 4) is 0 Å². The standard InChI is InChI=1S/C22H36O/c1-17-9-8-10-18(2)21(17,4)19(3)23-20-11-15-22(16-12-20)13-6-5-7-14-22/h8-9,18-20H,1,5-7,10-16H2,2-4H3/t18-,19?,21+/m1/s1. The molecule has 23 heavy (non-hydrogen) atoms. The normalized spacial score (nSPS) is 36.3. The molecule has 3 rings (SSSR count). The molecule has 1 nitrogen and oxygen atoms in total. The van der Waals surface area contributed by atoms with Gasteiger partial charge < -0.3 is 4.74 Å². The summed E-state index contributed by atoms with van der Waals surface area (Å²) in [5.74, 6) is 0.614. The average molecular weight is 317 g/mol. The van der Waals surface area contributed by atoms with Crippen molar-refractivity contribution in [1.82, 2.24) is 0 Å². The van der Waals surface area contributed by atoms with Gasteiger partial charge in [-0.25, -0.2) is 0 Å². The summed E-state index contributed by atoms with van der Waals surface area (Å²) in [6, 6.07) is 0. The van der Waals surface area contributed by atoms with Gasteiger partial charge in [-0.05, 0) is 68.8 Å². The topological polar surface area (TPSA) is 9.23 Å². The van der Waals surface area contributed by atoms with Crippen molar-refractivity contribution in [3.63, 3.8) is 0 Å². The highest BCUT2D eigenvalue weighted by molar-refractivity contribution is 5.29. The van der Waals surface area contributed by atoms with E-state index in [9.17, 15) is 0 Å². The third-order valence-corrected chi connectivity index (χ3v) is 7.67. The van der Waals surface area contributed by atoms with E-state index in [1.165, 1.54) is 63.4 Å². The summed E-state index contributed by atoms with van der Waals surface area (Å²) in [5, 5.41) is 0. The van der Waals surface area contributed by atoms with Crippen LogP contribution in [0.1, 0.15) is 85.0 Å². The molecule has 1 unspecified atom stereocenters. The minimum Gasteiger partial charge on any atom is -0.374 e. The number of allylic oxidation sites excluding steroid dienone is 2. The first-order valence-corrected chi connectivity index (χ1v) is 9.98. The SMILES string of the molecule is C=C1C=CC[C@@H](C)[C@@]1(C)C(C)OC1CCC2(CCCCC2)CC1. The van der Waals surface area contributed by atoms with Gasteiger partial charge in [-0.15, -0.1) is 0 Å². The Morgan fingerprint density at radius 2 is 1.78 bits per heavy atom. The Hall–Kier alpha value is -0.560. The fourth-order valence-corrected chi connectivity index (χ4v) is 5.39. The molecule has 3 aliphatic carbocycles. The average Bonchev–Trinajstić information content (AvgIpc) is 2.55. The van der Waals surface area contributed by atoms with E-state index in [-0.39, 0.29) is 11.5 Å². The molecule has 0 saturated heterocycles. The molecule has 0 aromatic heterocycles. The fourth-order valence-electron chi connectivity index (χ4n) is 5.39. The van der Waals surface area contributed by atoms with Crippen LogP contribution in [0.2, 0.25) is 0 Å². The van der Waals surface area contributed by atoms with Gasteiger partial charge in [-0.1, -0.05) is 51.8 Å². The van der Waals surface area contributed by atoms with Crippen molar-refractivity contribution < 1.29 is 4.74 Å². The van der Waals surface area contributed by atoms with Gasteiger partial charge in [0.05, 0.1) is 12.2 Å². The Kier molecular flexibility index (Phi) is 5.06. The Morgan fingerprint density at radius 1 is 1.13 bits per heavy atom. The van der Waals surface area contributed by atoms with E-state index in [1.807, 2.05) is 0 Å². The van der Waals surface area contributed by atoms with Gasteiger partial charge in [0.25, 0.3) is 0 Å². The molecule has 130 valence electrons. The first-order chi connectivity index (χ1) is 11.0. The van der Waals surface area contributed by atoms with E-state index < -0.39 is 0 Å². The highest BCUT2D eigenvalue weighted by Gasteiger charge is 2.43. The molecule has 1 spiro atoms. The summed E-state index contributed by atoms with van der Waals surface area (Å²) in [5.41, 5.74) is 2.04. The van der Waals surface area contributed by atoms with Gasteiger partial charge in [0.15, 0.2) is 0 Å². The highest BCUT2D eigenvalue weighted by Crippen LogP contribution is 2.49. The van der Waals surface area contributed by atoms with Gasteiger partial charge in [-0.2, -0.15) is 0 Å². The van der Waals surface area contributed by atoms with E-state index in [2.05, 4.69) is 39.5 Å². The van der Waals surface area contributed by atoms with Gasteiger partial charge in [0, 0.05) is 5.41 Å². The second kappa shape index (κ2) is 6.75. The molecule has 0 aliphatic heterocycles. The van der Waals surface area contributed by atoms with Crippen LogP contribution in [0.15, 0.2) is 24.3 Å². The molecular weight excluding hydrogens is 280 g/mol. The summed E-state index contributed by atoms with van der Waals surface area (Å²) in [6.45, 7) is 11.3. The summed E-state index contributed by atoms with van der Waals surface area (Å²) in [4.78, 5) is 0. The van der Waals surface area contributed by atoms with E-state index >= 15 is 0 Å². The van der Waals surface area contributed by atoms with Gasteiger partial charge in [-0.3, -0.25) is 0 Å². The maximum atomic E-state index is 6.61. The predicted octanol–water partition coefficient (Wildman–Crippen LogP) is 6.44. The lowest BCUT2D eigenvalue weighted by molar-refractivity contribution is -0.0972. The molecule has 3 atom stereocenters. The predicted molar refractivity (Wildman–Crippen MR) is 98.5 cm³/mol. The summed E-state index contributed by atoms with van der Waals surface area (Å²) >= 11 is 0. The molecule has 0 amide bonds. The third kappa shape index (κ3) is 3.31. The zero-order valence-electron chi connectivity index (χ0n) is 15.6. The molecule has 0 bridgehead atoms. The smallest absolute Gasteiger partial charge is 0.0647 e. The lowest BCUT2D eigenvalue weighted by Gasteiger charge is -2.47. The summed E-state index contributed by atoms with van der Waals surface area (Å²) < 4.78 is 6.61. The second-order valence-corrected chi connectivity index (χ2v) is 8.89. The molecular formula is C22H36O. The van der Waals surface area contributed by atoms with Crippen LogP contribution >= 0.6 is 0 Å². The van der Waals surface area contributed by atoms with Crippen molar-refractivity contribution in [1.29, 1.82) is 0 Å². The van der Waals surface area contributed by atoms with Crippen LogP contribution in [-0.2, 0) is 4.74 Å². The molecule has 0 N–H and O–H groups in total. The van der Waals surface area contributed by atoms with Crippen LogP contribution < -0.4 is 0 Å².